The molecule has 0 aliphatic carbocycles. The van der Waals surface area contributed by atoms with Crippen molar-refractivity contribution >= 4 is 5.69 Å². The van der Waals surface area contributed by atoms with Gasteiger partial charge in [-0.15, -0.1) is 0 Å². The van der Waals surface area contributed by atoms with Gasteiger partial charge in [0.25, 0.3) is 0 Å². The van der Waals surface area contributed by atoms with Crippen LogP contribution in [0.3, 0.4) is 0 Å². The maximum Gasteiger partial charge on any atom is 0.0681 e. The third-order valence-electron chi connectivity index (χ3n) is 2.71. The van der Waals surface area contributed by atoms with Crippen LogP contribution >= 0.6 is 0 Å². The summed E-state index contributed by atoms with van der Waals surface area (Å²) >= 11 is 0. The summed E-state index contributed by atoms with van der Waals surface area (Å²) in [4.78, 5) is 4.05. The van der Waals surface area contributed by atoms with Crippen molar-refractivity contribution in [2.45, 2.75) is 20.1 Å². The SMILES string of the molecule is Cc1cnccc1NCc1ccc(CO)cc1. The third-order valence-corrected chi connectivity index (χ3v) is 2.71. The maximum atomic E-state index is 8.95. The summed E-state index contributed by atoms with van der Waals surface area (Å²) in [5.41, 5.74) is 4.37. The number of aryl methyl sites for hydroxylation is 1. The second-order valence-electron chi connectivity index (χ2n) is 4.02. The van der Waals surface area contributed by atoms with Crippen molar-refractivity contribution in [3.8, 4) is 0 Å². The number of nitrogens with one attached hydrogen (secondary N) is 1. The van der Waals surface area contributed by atoms with E-state index in [-0.39, 0.29) is 6.61 Å². The average molecular weight is 228 g/mol. The maximum absolute atomic E-state index is 8.95. The van der Waals surface area contributed by atoms with E-state index in [1.54, 1.807) is 6.20 Å². The molecule has 0 spiro atoms. The van der Waals surface area contributed by atoms with Crippen LogP contribution < -0.4 is 5.32 Å². The molecule has 0 aliphatic heterocycles. The van der Waals surface area contributed by atoms with Gasteiger partial charge in [-0.2, -0.15) is 0 Å². The molecule has 2 aromatic rings. The zero-order valence-electron chi connectivity index (χ0n) is 9.85. The van der Waals surface area contributed by atoms with Gasteiger partial charge in [0.1, 0.15) is 0 Å². The molecule has 0 amide bonds. The predicted octanol–water partition coefficient (Wildman–Crippen LogP) is 2.49. The van der Waals surface area contributed by atoms with Gasteiger partial charge < -0.3 is 10.4 Å². The first-order valence-electron chi connectivity index (χ1n) is 5.63. The van der Waals surface area contributed by atoms with E-state index < -0.39 is 0 Å². The van der Waals surface area contributed by atoms with Crippen LogP contribution in [-0.4, -0.2) is 10.1 Å². The van der Waals surface area contributed by atoms with E-state index in [9.17, 15) is 0 Å². The molecule has 1 aromatic heterocycles. The van der Waals surface area contributed by atoms with Crippen molar-refractivity contribution in [3.05, 3.63) is 59.4 Å². The molecule has 0 radical (unpaired) electrons. The fourth-order valence-corrected chi connectivity index (χ4v) is 1.63. The second-order valence-corrected chi connectivity index (χ2v) is 4.02. The van der Waals surface area contributed by atoms with Gasteiger partial charge in [0, 0.05) is 24.6 Å². The van der Waals surface area contributed by atoms with Crippen LogP contribution in [0.15, 0.2) is 42.7 Å². The minimum atomic E-state index is 0.0944. The lowest BCUT2D eigenvalue weighted by atomic mass is 10.1. The Hall–Kier alpha value is -1.87. The third kappa shape index (κ3) is 3.04. The quantitative estimate of drug-likeness (QED) is 0.845. The fourth-order valence-electron chi connectivity index (χ4n) is 1.63. The topological polar surface area (TPSA) is 45.2 Å². The lowest BCUT2D eigenvalue weighted by Crippen LogP contribution is -2.01. The number of aliphatic hydroxyl groups is 1. The molecule has 17 heavy (non-hydrogen) atoms. The summed E-state index contributed by atoms with van der Waals surface area (Å²) in [6.07, 6.45) is 3.63. The van der Waals surface area contributed by atoms with Crippen LogP contribution in [0, 0.1) is 6.92 Å². The Morgan fingerprint density at radius 1 is 1.12 bits per heavy atom. The minimum Gasteiger partial charge on any atom is -0.392 e. The number of pyridine rings is 1. The molecule has 0 bridgehead atoms. The van der Waals surface area contributed by atoms with Crippen molar-refractivity contribution in [1.82, 2.24) is 4.98 Å². The first kappa shape index (κ1) is 11.6. The van der Waals surface area contributed by atoms with E-state index in [0.717, 1.165) is 23.4 Å². The molecule has 3 nitrogen and oxygen atoms in total. The zero-order chi connectivity index (χ0) is 12.1. The molecule has 1 aromatic carbocycles. The number of rotatable bonds is 4. The Labute approximate surface area is 101 Å². The van der Waals surface area contributed by atoms with Gasteiger partial charge in [-0.1, -0.05) is 24.3 Å². The van der Waals surface area contributed by atoms with Crippen molar-refractivity contribution < 1.29 is 5.11 Å². The van der Waals surface area contributed by atoms with Crippen LogP contribution in [0.1, 0.15) is 16.7 Å². The van der Waals surface area contributed by atoms with Crippen molar-refractivity contribution in [2.24, 2.45) is 0 Å². The summed E-state index contributed by atoms with van der Waals surface area (Å²) in [6, 6.07) is 9.90. The molecule has 0 saturated carbocycles. The van der Waals surface area contributed by atoms with Gasteiger partial charge in [-0.05, 0) is 29.7 Å². The average Bonchev–Trinajstić information content (AvgIpc) is 2.38. The Morgan fingerprint density at radius 3 is 2.47 bits per heavy atom. The number of aromatic nitrogens is 1. The van der Waals surface area contributed by atoms with E-state index >= 15 is 0 Å². The standard InChI is InChI=1S/C14H16N2O/c1-11-8-15-7-6-14(11)16-9-12-2-4-13(10-17)5-3-12/h2-8,17H,9-10H2,1H3,(H,15,16). The summed E-state index contributed by atoms with van der Waals surface area (Å²) in [6.45, 7) is 2.90. The Morgan fingerprint density at radius 2 is 1.82 bits per heavy atom. The van der Waals surface area contributed by atoms with Gasteiger partial charge >= 0.3 is 0 Å². The molecule has 0 aliphatic rings. The van der Waals surface area contributed by atoms with Crippen LogP contribution in [0.5, 0.6) is 0 Å². The van der Waals surface area contributed by atoms with E-state index in [1.807, 2.05) is 43.5 Å². The molecule has 0 saturated heterocycles. The Bertz CT molecular complexity index is 480. The molecule has 2 N–H and O–H groups in total. The predicted molar refractivity (Wildman–Crippen MR) is 68.7 cm³/mol. The van der Waals surface area contributed by atoms with Crippen LogP contribution in [0.25, 0.3) is 0 Å². The molecule has 2 rings (SSSR count). The first-order chi connectivity index (χ1) is 8.29. The molecule has 88 valence electrons. The van der Waals surface area contributed by atoms with Gasteiger partial charge in [0.05, 0.1) is 6.61 Å². The number of anilines is 1. The summed E-state index contributed by atoms with van der Waals surface area (Å²) in [7, 11) is 0. The highest BCUT2D eigenvalue weighted by atomic mass is 16.3. The highest BCUT2D eigenvalue weighted by Crippen LogP contribution is 2.13. The highest BCUT2D eigenvalue weighted by Gasteiger charge is 1.97. The molecule has 1 heterocycles. The van der Waals surface area contributed by atoms with Gasteiger partial charge in [-0.3, -0.25) is 4.98 Å². The molecule has 0 unspecified atom stereocenters. The molecular formula is C14H16N2O. The molecular weight excluding hydrogens is 212 g/mol. The number of hydrogen-bond donors (Lipinski definition) is 2. The number of benzene rings is 1. The van der Waals surface area contributed by atoms with E-state index in [4.69, 9.17) is 5.11 Å². The van der Waals surface area contributed by atoms with Gasteiger partial charge in [0.15, 0.2) is 0 Å². The number of aliphatic hydroxyl groups excluding tert-OH is 1. The minimum absolute atomic E-state index is 0.0944. The molecule has 0 fully saturated rings. The normalized spacial score (nSPS) is 10.2. The Balaban J connectivity index is 2.00. The second kappa shape index (κ2) is 5.46. The van der Waals surface area contributed by atoms with Crippen LogP contribution in [0.2, 0.25) is 0 Å². The van der Waals surface area contributed by atoms with Crippen LogP contribution in [0.4, 0.5) is 5.69 Å². The monoisotopic (exact) mass is 228 g/mol. The highest BCUT2D eigenvalue weighted by molar-refractivity contribution is 5.48. The van der Waals surface area contributed by atoms with Gasteiger partial charge in [-0.25, -0.2) is 0 Å². The molecule has 3 heteroatoms. The molecule has 0 atom stereocenters. The smallest absolute Gasteiger partial charge is 0.0681 e. The van der Waals surface area contributed by atoms with Gasteiger partial charge in [0.2, 0.25) is 0 Å². The first-order valence-corrected chi connectivity index (χ1v) is 5.63. The lowest BCUT2D eigenvalue weighted by Gasteiger charge is -2.09. The Kier molecular flexibility index (Phi) is 3.73. The van der Waals surface area contributed by atoms with E-state index in [0.29, 0.717) is 0 Å². The summed E-state index contributed by atoms with van der Waals surface area (Å²) in [5, 5.41) is 12.3. The van der Waals surface area contributed by atoms with Crippen molar-refractivity contribution in [2.75, 3.05) is 5.32 Å². The number of nitrogens with zero attached hydrogens (tertiary/aromatic N) is 1. The largest absolute Gasteiger partial charge is 0.392 e. The van der Waals surface area contributed by atoms with E-state index in [1.165, 1.54) is 5.56 Å². The summed E-state index contributed by atoms with van der Waals surface area (Å²) < 4.78 is 0. The summed E-state index contributed by atoms with van der Waals surface area (Å²) in [5.74, 6) is 0. The van der Waals surface area contributed by atoms with E-state index in [2.05, 4.69) is 10.3 Å². The zero-order valence-corrected chi connectivity index (χ0v) is 9.85. The van der Waals surface area contributed by atoms with Crippen LogP contribution in [-0.2, 0) is 13.2 Å². The van der Waals surface area contributed by atoms with Crippen molar-refractivity contribution in [3.63, 3.8) is 0 Å². The number of hydrogen-bond acceptors (Lipinski definition) is 3. The lowest BCUT2D eigenvalue weighted by molar-refractivity contribution is 0.282. The van der Waals surface area contributed by atoms with Crippen molar-refractivity contribution in [1.29, 1.82) is 0 Å². The fraction of sp³-hybridized carbons (Fsp3) is 0.214.